The van der Waals surface area contributed by atoms with Crippen molar-refractivity contribution in [3.05, 3.63) is 164 Å². The first-order valence-electron chi connectivity index (χ1n) is 29.8. The second kappa shape index (κ2) is 27.8. The van der Waals surface area contributed by atoms with E-state index in [1.54, 1.807) is 0 Å². The van der Waals surface area contributed by atoms with Crippen molar-refractivity contribution < 1.29 is 93.7 Å². The first-order chi connectivity index (χ1) is 45.8. The summed E-state index contributed by atoms with van der Waals surface area (Å²) in [5.41, 5.74) is -1.58. The van der Waals surface area contributed by atoms with Crippen LogP contribution in [-0.4, -0.2) is 151 Å². The maximum absolute atomic E-state index is 15.9. The van der Waals surface area contributed by atoms with Crippen molar-refractivity contribution in [2.45, 2.75) is 67.3 Å². The molecule has 0 spiro atoms. The molecule has 17 N–H and O–H groups in total. The van der Waals surface area contributed by atoms with Crippen molar-refractivity contribution >= 4 is 64.6 Å². The molecule has 0 aromatic heterocycles. The molecule has 0 saturated carbocycles. The molecule has 0 fully saturated rings. The fourth-order valence-corrected chi connectivity index (χ4v) is 11.9. The van der Waals surface area contributed by atoms with E-state index < -0.39 is 148 Å². The number of rotatable bonds is 9. The predicted octanol–water partition coefficient (Wildman–Crippen LogP) is 3.95. The highest BCUT2D eigenvalue weighted by atomic mass is 35.5. The number of benzene rings is 7. The number of aliphatic hydroxyl groups is 3. The quantitative estimate of drug-likeness (QED) is 0.0910. The highest BCUT2D eigenvalue weighted by molar-refractivity contribution is 6.32. The Morgan fingerprint density at radius 1 is 0.583 bits per heavy atom. The predicted molar refractivity (Wildman–Crippen MR) is 340 cm³/mol. The molecule has 0 radical (unpaired) electrons. The molecule has 7 aromatic carbocycles. The van der Waals surface area contributed by atoms with Gasteiger partial charge in [-0.2, -0.15) is 0 Å². The lowest BCUT2D eigenvalue weighted by Gasteiger charge is -2.31. The number of hydrogen-bond donors (Lipinski definition) is 17. The van der Waals surface area contributed by atoms with Crippen LogP contribution in [0, 0.1) is 0 Å². The number of carbonyl (C=O) groups is 7. The first-order valence-corrected chi connectivity index (χ1v) is 30.6. The molecule has 6 aliphatic heterocycles. The molecule has 30 heteroatoms. The molecule has 6 aliphatic rings. The molecule has 7 aromatic rings. The third kappa shape index (κ3) is 14.2. The van der Waals surface area contributed by atoms with E-state index in [0.29, 0.717) is 13.0 Å². The third-order valence-electron chi connectivity index (χ3n) is 16.3. The van der Waals surface area contributed by atoms with Crippen molar-refractivity contribution in [1.29, 1.82) is 0 Å². The van der Waals surface area contributed by atoms with Crippen LogP contribution in [0.5, 0.6) is 69.0 Å². The monoisotopic (exact) mass is 1360 g/mol. The Hall–Kier alpha value is -10.6. The average Bonchev–Trinajstić information content (AvgIpc) is 0.768. The van der Waals surface area contributed by atoms with E-state index >= 15 is 24.0 Å². The second-order valence-corrected chi connectivity index (χ2v) is 24.2. The van der Waals surface area contributed by atoms with Crippen LogP contribution in [0.2, 0.25) is 10.0 Å². The number of nitrogens with zero attached hydrogens (tertiary/aromatic N) is 1. The Morgan fingerprint density at radius 3 is 1.86 bits per heavy atom. The first kappa shape index (κ1) is 66.9. The van der Waals surface area contributed by atoms with E-state index in [2.05, 4.69) is 42.5 Å². The number of phenolic OH excluding ortho intramolecular Hbond substituents is 6. The molecule has 0 saturated heterocycles. The molecule has 17 bridgehead atoms. The lowest BCUT2D eigenvalue weighted by Crippen LogP contribution is -2.56. The van der Waals surface area contributed by atoms with Crippen molar-refractivity contribution in [3.63, 3.8) is 0 Å². The van der Waals surface area contributed by atoms with Gasteiger partial charge in [-0.25, -0.2) is 0 Å². The van der Waals surface area contributed by atoms with E-state index in [4.69, 9.17) is 37.4 Å². The van der Waals surface area contributed by atoms with Crippen LogP contribution < -0.4 is 56.7 Å². The number of aliphatic hydroxyl groups excluding tert-OH is 3. The Morgan fingerprint density at radius 2 is 1.19 bits per heavy atom. The number of fused-ring (bicyclic) bond motifs is 14. The van der Waals surface area contributed by atoms with Crippen molar-refractivity contribution in [1.82, 2.24) is 47.4 Å². The number of aromatic hydroxyl groups is 6. The summed E-state index contributed by atoms with van der Waals surface area (Å²) in [5, 5.41) is 122. The van der Waals surface area contributed by atoms with E-state index in [1.807, 2.05) is 19.0 Å². The number of amides is 7. The fraction of sp³-hybridized carbons (Fsp3) is 0.258. The summed E-state index contributed by atoms with van der Waals surface area (Å²) in [7, 11) is 3.62. The highest BCUT2D eigenvalue weighted by Gasteiger charge is 2.42. The zero-order valence-corrected chi connectivity index (χ0v) is 52.2. The van der Waals surface area contributed by atoms with Gasteiger partial charge in [-0.05, 0) is 145 Å². The Bertz CT molecular complexity index is 4290. The number of phenols is 6. The minimum absolute atomic E-state index is 0.0447. The molecular formula is C66H63Cl2N9O19. The van der Waals surface area contributed by atoms with E-state index in [1.165, 1.54) is 60.7 Å². The highest BCUT2D eigenvalue weighted by Crippen LogP contribution is 2.48. The summed E-state index contributed by atoms with van der Waals surface area (Å²) < 4.78 is 18.7. The van der Waals surface area contributed by atoms with Crippen LogP contribution in [0.4, 0.5) is 0 Å². The minimum atomic E-state index is -2.19. The van der Waals surface area contributed by atoms with Gasteiger partial charge in [-0.1, -0.05) is 47.5 Å². The molecule has 500 valence electrons. The van der Waals surface area contributed by atoms with E-state index in [9.17, 15) is 55.5 Å². The lowest BCUT2D eigenvalue weighted by atomic mass is 9.89. The van der Waals surface area contributed by atoms with Gasteiger partial charge in [-0.3, -0.25) is 38.9 Å². The molecule has 0 aliphatic carbocycles. The third-order valence-corrected chi connectivity index (χ3v) is 16.9. The van der Waals surface area contributed by atoms with Crippen LogP contribution in [0.25, 0.3) is 11.1 Å². The summed E-state index contributed by atoms with van der Waals surface area (Å²) in [6.07, 6.45) is -3.46. The molecule has 9 atom stereocenters. The van der Waals surface area contributed by atoms with Crippen molar-refractivity contribution in [2.75, 3.05) is 40.3 Å². The largest absolute Gasteiger partial charge is 0.508 e. The summed E-state index contributed by atoms with van der Waals surface area (Å²) in [6.45, 7) is -0.542. The molecule has 7 amide bonds. The van der Waals surface area contributed by atoms with Crippen molar-refractivity contribution in [2.24, 2.45) is 0 Å². The van der Waals surface area contributed by atoms with Gasteiger partial charge < -0.3 is 102 Å². The minimum Gasteiger partial charge on any atom is -0.508 e. The SMILES string of the molecule is CN(C)CCCNC(=O)[C@H]1NC(=O)[C@H]2NC(=O)[C@H](NC(=O)[C@@H]3NC(=O)[C@H]4NC(=O)[C@@H](Cc5ccc(c(Cl)c5)Oc5cc3cc(c5O)Oc3ccc(cc3Cl)[C@H]2O)NC(=O)[C@@H](NCC(O)CO)c2ccc(O)c(c2)Oc2cc(O)cc4c2)c2ccc(O)c(c2)-c2c(O)cc(O)cc21. The van der Waals surface area contributed by atoms with Gasteiger partial charge in [0.05, 0.1) is 22.8 Å². The van der Waals surface area contributed by atoms with Crippen LogP contribution in [0.15, 0.2) is 115 Å². The summed E-state index contributed by atoms with van der Waals surface area (Å²) in [6, 6.07) is 8.99. The van der Waals surface area contributed by atoms with Crippen LogP contribution in [-0.2, 0) is 40.0 Å². The molecular weight excluding hydrogens is 1290 g/mol. The molecule has 28 nitrogen and oxygen atoms in total. The summed E-state index contributed by atoms with van der Waals surface area (Å²) in [4.78, 5) is 109. The van der Waals surface area contributed by atoms with Crippen molar-refractivity contribution in [3.8, 4) is 80.1 Å². The number of ether oxygens (including phenoxy) is 3. The lowest BCUT2D eigenvalue weighted by molar-refractivity contribution is -0.137. The van der Waals surface area contributed by atoms with E-state index in [0.717, 1.165) is 54.6 Å². The van der Waals surface area contributed by atoms with Gasteiger partial charge in [0.1, 0.15) is 88.6 Å². The van der Waals surface area contributed by atoms with Gasteiger partial charge >= 0.3 is 0 Å². The number of carbonyl (C=O) groups excluding carboxylic acids is 7. The smallest absolute Gasteiger partial charge is 0.248 e. The van der Waals surface area contributed by atoms with Crippen LogP contribution in [0.3, 0.4) is 0 Å². The summed E-state index contributed by atoms with van der Waals surface area (Å²) in [5.74, 6) is -13.8. The number of nitrogens with one attached hydrogen (secondary N) is 8. The fourth-order valence-electron chi connectivity index (χ4n) is 11.5. The Balaban J connectivity index is 1.11. The maximum Gasteiger partial charge on any atom is 0.248 e. The topological polar surface area (TPSA) is 429 Å². The Kier molecular flexibility index (Phi) is 19.3. The zero-order valence-electron chi connectivity index (χ0n) is 50.7. The molecule has 96 heavy (non-hydrogen) atoms. The standard InChI is InChI=1S/C66H63Cl2N9O19/c1-77(2)13-3-12-69-61(88)56-39-24-35(80)25-45(84)51(39)38-18-29(5-8-43(38)82)53-63(90)76-57(66(93)75-56)58(85)31-7-11-47(41(68)19-31)96-50-22-33-21-49(59(50)86)95-46-10-4-28(14-40(46)67)15-42-60(87)72-54(64(91)74-55(33)65(92)73-53)32-16-34(79)23-37(17-32)94-48-20-30(6-9-44(48)83)52(62(89)71-42)70-26-36(81)27-78/h4-11,14,16-25,36,42,52-58,70,78-86H,3,12-13,15,26-27H2,1-2H3,(H,69,88)(H,71,89)(H,72,87)(H,73,92)(H,74,91)(H,75,93)(H,76,90)/t36?,42-,52+,53-,54+,55-,56+,57+,58-/m1/s1. The Labute approximate surface area is 555 Å². The molecule has 6 heterocycles. The average molecular weight is 1360 g/mol. The molecule has 13 rings (SSSR count). The van der Waals surface area contributed by atoms with E-state index in [-0.39, 0.29) is 103 Å². The number of halogens is 2. The maximum atomic E-state index is 15.9. The number of hydrogen-bond acceptors (Lipinski definition) is 21. The zero-order chi connectivity index (χ0) is 68.5. The second-order valence-electron chi connectivity index (χ2n) is 23.4. The summed E-state index contributed by atoms with van der Waals surface area (Å²) >= 11 is 13.9. The normalized spacial score (nSPS) is 21.2. The van der Waals surface area contributed by atoms with Crippen LogP contribution in [0.1, 0.15) is 81.7 Å². The van der Waals surface area contributed by atoms with Gasteiger partial charge in [0.25, 0.3) is 0 Å². The van der Waals surface area contributed by atoms with Gasteiger partial charge in [0.15, 0.2) is 23.0 Å². The molecule has 1 unspecified atom stereocenters. The van der Waals surface area contributed by atoms with Gasteiger partial charge in [0, 0.05) is 42.8 Å². The van der Waals surface area contributed by atoms with Gasteiger partial charge in [0.2, 0.25) is 47.1 Å². The van der Waals surface area contributed by atoms with Gasteiger partial charge in [-0.15, -0.1) is 0 Å². The van der Waals surface area contributed by atoms with Crippen LogP contribution >= 0.6 is 23.2 Å².